The van der Waals surface area contributed by atoms with E-state index in [0.717, 1.165) is 22.0 Å². The lowest BCUT2D eigenvalue weighted by Gasteiger charge is -2.24. The Kier molecular flexibility index (Phi) is 3.77. The van der Waals surface area contributed by atoms with Gasteiger partial charge in [0.2, 0.25) is 0 Å². The molecule has 1 heterocycles. The standard InChI is InChI=1S/C16H20N2O3/c1-5-16(4,15(20)21)18-14(19)13-8-11-10(3)6-9(2)7-12(11)17-13/h6-8,17H,5H2,1-4H3,(H,18,19)(H,20,21). The normalized spacial score (nSPS) is 13.9. The van der Waals surface area contributed by atoms with Crippen LogP contribution in [0.5, 0.6) is 0 Å². The van der Waals surface area contributed by atoms with Crippen molar-refractivity contribution in [2.75, 3.05) is 0 Å². The number of H-pyrrole nitrogens is 1. The molecule has 0 spiro atoms. The lowest BCUT2D eigenvalue weighted by molar-refractivity contribution is -0.143. The van der Waals surface area contributed by atoms with Crippen molar-refractivity contribution in [3.8, 4) is 0 Å². The Hall–Kier alpha value is -2.30. The van der Waals surface area contributed by atoms with Gasteiger partial charge < -0.3 is 15.4 Å². The molecule has 2 rings (SSSR count). The number of amides is 1. The van der Waals surface area contributed by atoms with Gasteiger partial charge in [0.05, 0.1) is 0 Å². The summed E-state index contributed by atoms with van der Waals surface area (Å²) in [6, 6.07) is 5.78. The fourth-order valence-electron chi connectivity index (χ4n) is 2.33. The van der Waals surface area contributed by atoms with Crippen LogP contribution in [-0.4, -0.2) is 27.5 Å². The summed E-state index contributed by atoms with van der Waals surface area (Å²) in [6.07, 6.45) is 0.312. The summed E-state index contributed by atoms with van der Waals surface area (Å²) >= 11 is 0. The summed E-state index contributed by atoms with van der Waals surface area (Å²) < 4.78 is 0. The second-order valence-electron chi connectivity index (χ2n) is 5.67. The minimum atomic E-state index is -1.26. The molecule has 1 unspecified atom stereocenters. The van der Waals surface area contributed by atoms with Gasteiger partial charge in [-0.3, -0.25) is 4.79 Å². The maximum Gasteiger partial charge on any atom is 0.329 e. The molecule has 0 saturated carbocycles. The van der Waals surface area contributed by atoms with Gasteiger partial charge in [-0.1, -0.05) is 13.0 Å². The Morgan fingerprint density at radius 3 is 2.52 bits per heavy atom. The maximum atomic E-state index is 12.3. The molecule has 0 aliphatic heterocycles. The fraction of sp³-hybridized carbons (Fsp3) is 0.375. The molecule has 0 aliphatic carbocycles. The number of nitrogens with one attached hydrogen (secondary N) is 2. The van der Waals surface area contributed by atoms with Crippen LogP contribution in [0.25, 0.3) is 10.9 Å². The zero-order chi connectivity index (χ0) is 15.8. The van der Waals surface area contributed by atoms with Crippen molar-refractivity contribution < 1.29 is 14.7 Å². The molecule has 3 N–H and O–H groups in total. The molecule has 0 aliphatic rings. The topological polar surface area (TPSA) is 82.2 Å². The number of carboxylic acid groups (broad SMARTS) is 1. The number of carbonyl (C=O) groups excluding carboxylic acids is 1. The minimum Gasteiger partial charge on any atom is -0.480 e. The third-order valence-corrected chi connectivity index (χ3v) is 3.90. The molecule has 1 amide bonds. The van der Waals surface area contributed by atoms with Crippen LogP contribution in [0.3, 0.4) is 0 Å². The van der Waals surface area contributed by atoms with E-state index in [2.05, 4.69) is 10.3 Å². The number of carboxylic acids is 1. The van der Waals surface area contributed by atoms with Gasteiger partial charge in [0.15, 0.2) is 0 Å². The van der Waals surface area contributed by atoms with E-state index in [-0.39, 0.29) is 0 Å². The Bertz CT molecular complexity index is 718. The third kappa shape index (κ3) is 2.77. The highest BCUT2D eigenvalue weighted by Crippen LogP contribution is 2.22. The van der Waals surface area contributed by atoms with Crippen LogP contribution in [0.1, 0.15) is 41.9 Å². The van der Waals surface area contributed by atoms with Crippen molar-refractivity contribution in [1.82, 2.24) is 10.3 Å². The maximum absolute atomic E-state index is 12.3. The van der Waals surface area contributed by atoms with Gasteiger partial charge in [-0.05, 0) is 50.5 Å². The summed E-state index contributed by atoms with van der Waals surface area (Å²) in [4.78, 5) is 26.6. The first kappa shape index (κ1) is 15.1. The average Bonchev–Trinajstić information content (AvgIpc) is 2.82. The highest BCUT2D eigenvalue weighted by Gasteiger charge is 2.33. The van der Waals surface area contributed by atoms with Crippen molar-refractivity contribution in [3.05, 3.63) is 35.0 Å². The number of fused-ring (bicyclic) bond motifs is 1. The Morgan fingerprint density at radius 2 is 1.95 bits per heavy atom. The van der Waals surface area contributed by atoms with Crippen LogP contribution >= 0.6 is 0 Å². The van der Waals surface area contributed by atoms with E-state index >= 15 is 0 Å². The smallest absolute Gasteiger partial charge is 0.329 e. The predicted molar refractivity (Wildman–Crippen MR) is 81.6 cm³/mol. The Morgan fingerprint density at radius 1 is 1.29 bits per heavy atom. The first-order valence-corrected chi connectivity index (χ1v) is 6.92. The number of carbonyl (C=O) groups is 2. The number of aryl methyl sites for hydroxylation is 2. The molecule has 112 valence electrons. The van der Waals surface area contributed by atoms with Crippen molar-refractivity contribution >= 4 is 22.8 Å². The molecular weight excluding hydrogens is 268 g/mol. The fourth-order valence-corrected chi connectivity index (χ4v) is 2.33. The highest BCUT2D eigenvalue weighted by molar-refractivity contribution is 6.01. The molecule has 2 aromatic rings. The van der Waals surface area contributed by atoms with Crippen molar-refractivity contribution in [1.29, 1.82) is 0 Å². The number of hydrogen-bond acceptors (Lipinski definition) is 2. The molecule has 1 atom stereocenters. The van der Waals surface area contributed by atoms with Gasteiger partial charge in [0.25, 0.3) is 5.91 Å². The van der Waals surface area contributed by atoms with Gasteiger partial charge >= 0.3 is 5.97 Å². The summed E-state index contributed by atoms with van der Waals surface area (Å²) in [6.45, 7) is 7.21. The van der Waals surface area contributed by atoms with E-state index in [0.29, 0.717) is 12.1 Å². The summed E-state index contributed by atoms with van der Waals surface area (Å²) in [5.41, 5.74) is 2.18. The Labute approximate surface area is 123 Å². The SMILES string of the molecule is CCC(C)(NC(=O)c1cc2c(C)cc(C)cc2[nH]1)C(=O)O. The van der Waals surface area contributed by atoms with Crippen LogP contribution < -0.4 is 5.32 Å². The van der Waals surface area contributed by atoms with Gasteiger partial charge in [-0.15, -0.1) is 0 Å². The molecule has 0 saturated heterocycles. The molecule has 1 aromatic carbocycles. The molecule has 21 heavy (non-hydrogen) atoms. The number of aromatic amines is 1. The van der Waals surface area contributed by atoms with E-state index in [9.17, 15) is 14.7 Å². The second kappa shape index (κ2) is 5.24. The van der Waals surface area contributed by atoms with Crippen LogP contribution in [0, 0.1) is 13.8 Å². The number of benzene rings is 1. The van der Waals surface area contributed by atoms with Gasteiger partial charge in [-0.2, -0.15) is 0 Å². The van der Waals surface area contributed by atoms with Crippen LogP contribution in [0.15, 0.2) is 18.2 Å². The third-order valence-electron chi connectivity index (χ3n) is 3.90. The van der Waals surface area contributed by atoms with Gasteiger partial charge in [0, 0.05) is 10.9 Å². The first-order valence-electron chi connectivity index (χ1n) is 6.92. The molecule has 5 heteroatoms. The summed E-state index contributed by atoms with van der Waals surface area (Å²) in [5.74, 6) is -1.45. The summed E-state index contributed by atoms with van der Waals surface area (Å²) in [7, 11) is 0. The highest BCUT2D eigenvalue weighted by atomic mass is 16.4. The number of aromatic nitrogens is 1. The first-order chi connectivity index (χ1) is 9.76. The van der Waals surface area contributed by atoms with E-state index in [1.54, 1.807) is 13.0 Å². The Balaban J connectivity index is 2.36. The van der Waals surface area contributed by atoms with Crippen molar-refractivity contribution in [2.24, 2.45) is 0 Å². The molecule has 0 radical (unpaired) electrons. The zero-order valence-corrected chi connectivity index (χ0v) is 12.7. The van der Waals surface area contributed by atoms with E-state index < -0.39 is 17.4 Å². The second-order valence-corrected chi connectivity index (χ2v) is 5.67. The largest absolute Gasteiger partial charge is 0.480 e. The molecule has 0 fully saturated rings. The van der Waals surface area contributed by atoms with E-state index in [1.165, 1.54) is 6.92 Å². The zero-order valence-electron chi connectivity index (χ0n) is 12.7. The van der Waals surface area contributed by atoms with Crippen LogP contribution in [0.4, 0.5) is 0 Å². The quantitative estimate of drug-likeness (QED) is 0.809. The number of rotatable bonds is 4. The van der Waals surface area contributed by atoms with E-state index in [1.807, 2.05) is 26.0 Å². The lowest BCUT2D eigenvalue weighted by atomic mass is 9.99. The molecule has 5 nitrogen and oxygen atoms in total. The van der Waals surface area contributed by atoms with Crippen molar-refractivity contribution in [3.63, 3.8) is 0 Å². The van der Waals surface area contributed by atoms with E-state index in [4.69, 9.17) is 0 Å². The minimum absolute atomic E-state index is 0.312. The molecular formula is C16H20N2O3. The number of hydrogen-bond donors (Lipinski definition) is 3. The summed E-state index contributed by atoms with van der Waals surface area (Å²) in [5, 5.41) is 12.8. The van der Waals surface area contributed by atoms with Crippen LogP contribution in [-0.2, 0) is 4.79 Å². The molecule has 0 bridgehead atoms. The van der Waals surface area contributed by atoms with Crippen LogP contribution in [0.2, 0.25) is 0 Å². The van der Waals surface area contributed by atoms with Gasteiger partial charge in [0.1, 0.15) is 11.2 Å². The average molecular weight is 288 g/mol. The number of aliphatic carboxylic acids is 1. The predicted octanol–water partition coefficient (Wildman–Crippen LogP) is 2.77. The molecule has 1 aromatic heterocycles. The monoisotopic (exact) mass is 288 g/mol. The lowest BCUT2D eigenvalue weighted by Crippen LogP contribution is -2.51. The van der Waals surface area contributed by atoms with Crippen molar-refractivity contribution in [2.45, 2.75) is 39.7 Å². The van der Waals surface area contributed by atoms with Gasteiger partial charge in [-0.25, -0.2) is 4.79 Å².